The number of hydrogen-bond donors (Lipinski definition) is 2. The van der Waals surface area contributed by atoms with Gasteiger partial charge in [-0.15, -0.1) is 0 Å². The molecule has 0 saturated heterocycles. The Kier molecular flexibility index (Phi) is 5.50. The van der Waals surface area contributed by atoms with Crippen LogP contribution in [-0.2, 0) is 4.79 Å². The molecule has 0 radical (unpaired) electrons. The van der Waals surface area contributed by atoms with E-state index in [0.29, 0.717) is 12.8 Å². The highest BCUT2D eigenvalue weighted by Gasteiger charge is 2.38. The average Bonchev–Trinajstić information content (AvgIpc) is 2.36. The molecule has 0 atom stereocenters. The van der Waals surface area contributed by atoms with Crippen molar-refractivity contribution in [1.82, 2.24) is 0 Å². The Morgan fingerprint density at radius 3 is 2.47 bits per heavy atom. The zero-order valence-electron chi connectivity index (χ0n) is 11.4. The lowest BCUT2D eigenvalue weighted by Crippen LogP contribution is -2.45. The number of benzene rings is 1. The van der Waals surface area contributed by atoms with Crippen LogP contribution in [0.15, 0.2) is 22.7 Å². The lowest BCUT2D eigenvalue weighted by Gasteiger charge is -2.29. The van der Waals surface area contributed by atoms with E-state index in [1.54, 1.807) is 0 Å². The summed E-state index contributed by atoms with van der Waals surface area (Å²) in [4.78, 5) is 12.8. The minimum Gasteiger partial charge on any atom is -0.392 e. The van der Waals surface area contributed by atoms with E-state index >= 15 is 0 Å². The molecule has 0 aromatic heterocycles. The van der Waals surface area contributed by atoms with Gasteiger partial charge in [0.05, 0.1) is 16.1 Å². The van der Waals surface area contributed by atoms with Crippen LogP contribution in [0.1, 0.15) is 32.3 Å². The topological polar surface area (TPSA) is 55.1 Å². The summed E-state index contributed by atoms with van der Waals surface area (Å²) in [6.45, 7) is 5.82. The van der Waals surface area contributed by atoms with E-state index in [4.69, 9.17) is 18.0 Å². The first-order valence-corrected chi connectivity index (χ1v) is 7.45. The second-order valence-electron chi connectivity index (χ2n) is 4.54. The molecule has 0 heterocycles. The van der Waals surface area contributed by atoms with Crippen molar-refractivity contribution in [3.63, 3.8) is 0 Å². The predicted octanol–water partition coefficient (Wildman–Crippen LogP) is 3.79. The van der Waals surface area contributed by atoms with Gasteiger partial charge in [-0.05, 0) is 47.3 Å². The van der Waals surface area contributed by atoms with E-state index < -0.39 is 5.41 Å². The Hall–Kier alpha value is -0.940. The Bertz CT molecular complexity index is 498. The van der Waals surface area contributed by atoms with Gasteiger partial charge in [-0.1, -0.05) is 38.2 Å². The lowest BCUT2D eigenvalue weighted by atomic mass is 9.81. The average molecular weight is 343 g/mol. The number of nitrogens with one attached hydrogen (secondary N) is 1. The Morgan fingerprint density at radius 1 is 1.42 bits per heavy atom. The highest BCUT2D eigenvalue weighted by atomic mass is 79.9. The molecule has 1 aromatic rings. The Morgan fingerprint density at radius 2 is 2.00 bits per heavy atom. The fourth-order valence-corrected chi connectivity index (χ4v) is 2.76. The van der Waals surface area contributed by atoms with Gasteiger partial charge < -0.3 is 11.1 Å². The zero-order chi connectivity index (χ0) is 14.6. The van der Waals surface area contributed by atoms with Gasteiger partial charge >= 0.3 is 0 Å². The molecule has 3 nitrogen and oxygen atoms in total. The van der Waals surface area contributed by atoms with Crippen molar-refractivity contribution in [1.29, 1.82) is 0 Å². The van der Waals surface area contributed by atoms with Gasteiger partial charge in [-0.25, -0.2) is 0 Å². The standard InChI is InChI=1S/C14H19BrN2OS/c1-4-14(5-2,12(16)19)13(18)17-10-8-6-7-9(3)11(10)15/h6-8H,4-5H2,1-3H3,(H2,16,19)(H,17,18). The minimum absolute atomic E-state index is 0.142. The molecule has 3 N–H and O–H groups in total. The van der Waals surface area contributed by atoms with Crippen molar-refractivity contribution in [3.05, 3.63) is 28.2 Å². The molecule has 0 aliphatic rings. The quantitative estimate of drug-likeness (QED) is 0.800. The summed E-state index contributed by atoms with van der Waals surface area (Å²) in [7, 11) is 0. The van der Waals surface area contributed by atoms with Gasteiger partial charge in [-0.2, -0.15) is 0 Å². The first-order valence-electron chi connectivity index (χ1n) is 6.25. The number of hydrogen-bond acceptors (Lipinski definition) is 2. The van der Waals surface area contributed by atoms with E-state index in [-0.39, 0.29) is 10.9 Å². The molecule has 0 bridgehead atoms. The summed E-state index contributed by atoms with van der Waals surface area (Å²) in [6, 6.07) is 5.72. The van der Waals surface area contributed by atoms with Crippen LogP contribution in [0, 0.1) is 12.3 Å². The molecule has 0 unspecified atom stereocenters. The van der Waals surface area contributed by atoms with Crippen LogP contribution in [0.2, 0.25) is 0 Å². The van der Waals surface area contributed by atoms with Crippen LogP contribution in [-0.4, -0.2) is 10.9 Å². The normalized spacial score (nSPS) is 11.2. The van der Waals surface area contributed by atoms with Crippen molar-refractivity contribution in [3.8, 4) is 0 Å². The van der Waals surface area contributed by atoms with Crippen molar-refractivity contribution in [2.45, 2.75) is 33.6 Å². The summed E-state index contributed by atoms with van der Waals surface area (Å²) < 4.78 is 0.882. The van der Waals surface area contributed by atoms with E-state index in [1.807, 2.05) is 39.0 Å². The third-order valence-electron chi connectivity index (χ3n) is 3.55. The maximum atomic E-state index is 12.5. The zero-order valence-corrected chi connectivity index (χ0v) is 13.8. The van der Waals surface area contributed by atoms with Crippen molar-refractivity contribution < 1.29 is 4.79 Å². The van der Waals surface area contributed by atoms with Crippen LogP contribution in [0.5, 0.6) is 0 Å². The molecular weight excluding hydrogens is 324 g/mol. The summed E-state index contributed by atoms with van der Waals surface area (Å²) in [5.74, 6) is -0.142. The molecule has 0 spiro atoms. The fourth-order valence-electron chi connectivity index (χ4n) is 2.02. The fraction of sp³-hybridized carbons (Fsp3) is 0.429. The molecule has 1 rings (SSSR count). The number of amides is 1. The number of carbonyl (C=O) groups is 1. The first kappa shape index (κ1) is 16.1. The minimum atomic E-state index is -0.779. The second kappa shape index (κ2) is 6.48. The Labute approximate surface area is 128 Å². The van der Waals surface area contributed by atoms with Crippen LogP contribution < -0.4 is 11.1 Å². The second-order valence-corrected chi connectivity index (χ2v) is 5.78. The number of carbonyl (C=O) groups excluding carboxylic acids is 1. The summed E-state index contributed by atoms with van der Waals surface area (Å²) in [6.07, 6.45) is 1.18. The third-order valence-corrected chi connectivity index (χ3v) is 5.00. The van der Waals surface area contributed by atoms with Gasteiger partial charge in [0.1, 0.15) is 0 Å². The molecule has 0 aliphatic heterocycles. The number of aryl methyl sites for hydroxylation is 1. The van der Waals surface area contributed by atoms with Crippen LogP contribution in [0.4, 0.5) is 5.69 Å². The largest absolute Gasteiger partial charge is 0.392 e. The lowest BCUT2D eigenvalue weighted by molar-refractivity contribution is -0.122. The molecule has 0 saturated carbocycles. The summed E-state index contributed by atoms with van der Waals surface area (Å²) in [5, 5.41) is 2.92. The van der Waals surface area contributed by atoms with Gasteiger partial charge in [0.2, 0.25) is 5.91 Å². The Balaban J connectivity index is 3.07. The molecule has 104 valence electrons. The van der Waals surface area contributed by atoms with Crippen molar-refractivity contribution in [2.24, 2.45) is 11.1 Å². The number of anilines is 1. The maximum absolute atomic E-state index is 12.5. The molecule has 0 aliphatic carbocycles. The maximum Gasteiger partial charge on any atom is 0.237 e. The van der Waals surface area contributed by atoms with Crippen LogP contribution >= 0.6 is 28.1 Å². The molecule has 1 aromatic carbocycles. The SMILES string of the molecule is CCC(CC)(C(=O)Nc1cccc(C)c1Br)C(N)=S. The van der Waals surface area contributed by atoms with E-state index in [1.165, 1.54) is 0 Å². The van der Waals surface area contributed by atoms with Gasteiger partial charge in [0, 0.05) is 4.47 Å². The van der Waals surface area contributed by atoms with Gasteiger partial charge in [0.15, 0.2) is 0 Å². The number of rotatable bonds is 5. The van der Waals surface area contributed by atoms with E-state index in [0.717, 1.165) is 15.7 Å². The molecule has 19 heavy (non-hydrogen) atoms. The van der Waals surface area contributed by atoms with Crippen LogP contribution in [0.3, 0.4) is 0 Å². The predicted molar refractivity (Wildman–Crippen MR) is 87.3 cm³/mol. The van der Waals surface area contributed by atoms with Crippen LogP contribution in [0.25, 0.3) is 0 Å². The monoisotopic (exact) mass is 342 g/mol. The van der Waals surface area contributed by atoms with E-state index in [9.17, 15) is 4.79 Å². The van der Waals surface area contributed by atoms with Gasteiger partial charge in [-0.3, -0.25) is 4.79 Å². The molecule has 5 heteroatoms. The highest BCUT2D eigenvalue weighted by Crippen LogP contribution is 2.31. The molecule has 1 amide bonds. The van der Waals surface area contributed by atoms with E-state index in [2.05, 4.69) is 21.2 Å². The highest BCUT2D eigenvalue weighted by molar-refractivity contribution is 9.10. The smallest absolute Gasteiger partial charge is 0.237 e. The number of halogens is 1. The van der Waals surface area contributed by atoms with Crippen molar-refractivity contribution >= 4 is 44.7 Å². The third kappa shape index (κ3) is 3.15. The first-order chi connectivity index (χ1) is 8.89. The molecular formula is C14H19BrN2OS. The number of thiocarbonyl (C=S) groups is 1. The number of nitrogens with two attached hydrogens (primary N) is 1. The van der Waals surface area contributed by atoms with Gasteiger partial charge in [0.25, 0.3) is 0 Å². The molecule has 0 fully saturated rings. The van der Waals surface area contributed by atoms with Crippen molar-refractivity contribution in [2.75, 3.05) is 5.32 Å². The summed E-state index contributed by atoms with van der Waals surface area (Å²) >= 11 is 8.56. The summed E-state index contributed by atoms with van der Waals surface area (Å²) in [5.41, 5.74) is 6.80.